The van der Waals surface area contributed by atoms with Crippen molar-refractivity contribution in [1.82, 2.24) is 4.90 Å². The standard InChI is InChI=1S/C12H16BrNO.C2H2O4/c13-11-3-1-10(2-4-11)9-14-7-5-12(15)6-8-14;3-1(4)2(5)6/h1-4,12,15H,5-9H2;(H,3,4)(H,5,6). The van der Waals surface area contributed by atoms with Gasteiger partial charge in [-0.25, -0.2) is 9.59 Å². The number of aliphatic hydroxyl groups is 1. The van der Waals surface area contributed by atoms with E-state index < -0.39 is 11.9 Å². The van der Waals surface area contributed by atoms with Crippen LogP contribution in [0.5, 0.6) is 0 Å². The van der Waals surface area contributed by atoms with Crippen molar-refractivity contribution in [3.8, 4) is 0 Å². The predicted octanol–water partition coefficient (Wildman–Crippen LogP) is 1.56. The third-order valence-corrected chi connectivity index (χ3v) is 3.59. The van der Waals surface area contributed by atoms with Crippen molar-refractivity contribution in [2.24, 2.45) is 0 Å². The first kappa shape index (κ1) is 17.6. The van der Waals surface area contributed by atoms with E-state index in [4.69, 9.17) is 19.8 Å². The quantitative estimate of drug-likeness (QED) is 0.693. The fourth-order valence-corrected chi connectivity index (χ4v) is 2.19. The van der Waals surface area contributed by atoms with Crippen LogP contribution in [0.2, 0.25) is 0 Å². The van der Waals surface area contributed by atoms with Crippen LogP contribution in [-0.4, -0.2) is 51.4 Å². The Morgan fingerprint density at radius 2 is 1.57 bits per heavy atom. The second kappa shape index (κ2) is 8.76. The van der Waals surface area contributed by atoms with Gasteiger partial charge < -0.3 is 15.3 Å². The van der Waals surface area contributed by atoms with Gasteiger partial charge in [0.2, 0.25) is 0 Å². The van der Waals surface area contributed by atoms with Crippen LogP contribution < -0.4 is 0 Å². The number of carbonyl (C=O) groups is 2. The second-order valence-electron chi connectivity index (χ2n) is 4.74. The van der Waals surface area contributed by atoms with Crippen molar-refractivity contribution in [3.05, 3.63) is 34.3 Å². The lowest BCUT2D eigenvalue weighted by Crippen LogP contribution is -2.35. The monoisotopic (exact) mass is 359 g/mol. The summed E-state index contributed by atoms with van der Waals surface area (Å²) in [6.07, 6.45) is 1.75. The number of piperidine rings is 1. The molecule has 1 aliphatic heterocycles. The highest BCUT2D eigenvalue weighted by Crippen LogP contribution is 2.15. The highest BCUT2D eigenvalue weighted by Gasteiger charge is 2.16. The minimum atomic E-state index is -1.82. The van der Waals surface area contributed by atoms with Crippen LogP contribution in [0.1, 0.15) is 18.4 Å². The zero-order valence-corrected chi connectivity index (χ0v) is 13.0. The van der Waals surface area contributed by atoms with Crippen molar-refractivity contribution >= 4 is 27.9 Å². The first-order valence-electron chi connectivity index (χ1n) is 6.49. The summed E-state index contributed by atoms with van der Waals surface area (Å²) in [7, 11) is 0. The molecule has 0 amide bonds. The molecule has 0 saturated carbocycles. The Labute approximate surface area is 131 Å². The maximum absolute atomic E-state index is 9.40. The summed E-state index contributed by atoms with van der Waals surface area (Å²) in [5.74, 6) is -3.65. The van der Waals surface area contributed by atoms with E-state index in [1.807, 2.05) is 0 Å². The molecule has 1 fully saturated rings. The largest absolute Gasteiger partial charge is 0.473 e. The van der Waals surface area contributed by atoms with E-state index in [1.165, 1.54) is 5.56 Å². The molecule has 0 bridgehead atoms. The predicted molar refractivity (Wildman–Crippen MR) is 79.9 cm³/mol. The van der Waals surface area contributed by atoms with Gasteiger partial charge in [0.05, 0.1) is 6.10 Å². The van der Waals surface area contributed by atoms with E-state index in [0.29, 0.717) is 0 Å². The first-order chi connectivity index (χ1) is 9.88. The van der Waals surface area contributed by atoms with Crippen molar-refractivity contribution < 1.29 is 24.9 Å². The molecule has 0 unspecified atom stereocenters. The fraction of sp³-hybridized carbons (Fsp3) is 0.429. The second-order valence-corrected chi connectivity index (χ2v) is 5.66. The van der Waals surface area contributed by atoms with Gasteiger partial charge in [-0.3, -0.25) is 4.90 Å². The van der Waals surface area contributed by atoms with Gasteiger partial charge in [0.1, 0.15) is 0 Å². The molecular weight excluding hydrogens is 342 g/mol. The van der Waals surface area contributed by atoms with Crippen molar-refractivity contribution in [3.63, 3.8) is 0 Å². The Hall–Kier alpha value is -1.44. The first-order valence-corrected chi connectivity index (χ1v) is 7.29. The Morgan fingerprint density at radius 1 is 1.10 bits per heavy atom. The van der Waals surface area contributed by atoms with E-state index in [-0.39, 0.29) is 6.10 Å². The zero-order valence-electron chi connectivity index (χ0n) is 11.4. The van der Waals surface area contributed by atoms with Crippen LogP contribution in [0.4, 0.5) is 0 Å². The van der Waals surface area contributed by atoms with Gasteiger partial charge in [0.25, 0.3) is 0 Å². The van der Waals surface area contributed by atoms with E-state index in [2.05, 4.69) is 45.1 Å². The summed E-state index contributed by atoms with van der Waals surface area (Å²) in [4.78, 5) is 20.6. The lowest BCUT2D eigenvalue weighted by Gasteiger charge is -2.29. The molecular formula is C14H18BrNO5. The van der Waals surface area contributed by atoms with Gasteiger partial charge in [0.15, 0.2) is 0 Å². The van der Waals surface area contributed by atoms with Gasteiger partial charge in [-0.15, -0.1) is 0 Å². The highest BCUT2D eigenvalue weighted by atomic mass is 79.9. The molecule has 116 valence electrons. The van der Waals surface area contributed by atoms with Crippen LogP contribution in [0, 0.1) is 0 Å². The van der Waals surface area contributed by atoms with Crippen LogP contribution in [0.25, 0.3) is 0 Å². The molecule has 21 heavy (non-hydrogen) atoms. The number of hydrogen-bond acceptors (Lipinski definition) is 4. The van der Waals surface area contributed by atoms with Gasteiger partial charge in [-0.1, -0.05) is 28.1 Å². The van der Waals surface area contributed by atoms with Crippen LogP contribution in [0.3, 0.4) is 0 Å². The number of aliphatic carboxylic acids is 2. The van der Waals surface area contributed by atoms with Crippen LogP contribution in [-0.2, 0) is 16.1 Å². The molecule has 1 saturated heterocycles. The molecule has 1 aromatic rings. The number of nitrogens with zero attached hydrogens (tertiary/aromatic N) is 1. The maximum atomic E-state index is 9.40. The molecule has 1 heterocycles. The molecule has 1 aromatic carbocycles. The van der Waals surface area contributed by atoms with E-state index in [1.54, 1.807) is 0 Å². The summed E-state index contributed by atoms with van der Waals surface area (Å²) in [6, 6.07) is 8.45. The summed E-state index contributed by atoms with van der Waals surface area (Å²) >= 11 is 3.43. The Balaban J connectivity index is 0.000000315. The number of carboxylic acid groups (broad SMARTS) is 2. The van der Waals surface area contributed by atoms with E-state index >= 15 is 0 Å². The van der Waals surface area contributed by atoms with Crippen LogP contribution >= 0.6 is 15.9 Å². The molecule has 2 rings (SSSR count). The SMILES string of the molecule is O=C(O)C(=O)O.OC1CCN(Cc2ccc(Br)cc2)CC1. The van der Waals surface area contributed by atoms with Crippen molar-refractivity contribution in [1.29, 1.82) is 0 Å². The summed E-state index contributed by atoms with van der Waals surface area (Å²) < 4.78 is 1.13. The molecule has 6 nitrogen and oxygen atoms in total. The number of aliphatic hydroxyl groups excluding tert-OH is 1. The summed E-state index contributed by atoms with van der Waals surface area (Å²) in [5.41, 5.74) is 1.34. The highest BCUT2D eigenvalue weighted by molar-refractivity contribution is 9.10. The molecule has 7 heteroatoms. The molecule has 0 atom stereocenters. The third kappa shape index (κ3) is 7.22. The average Bonchev–Trinajstić information content (AvgIpc) is 2.44. The minimum Gasteiger partial charge on any atom is -0.473 e. The van der Waals surface area contributed by atoms with Gasteiger partial charge in [-0.05, 0) is 30.5 Å². The summed E-state index contributed by atoms with van der Waals surface area (Å²) in [5, 5.41) is 24.2. The van der Waals surface area contributed by atoms with Crippen molar-refractivity contribution in [2.45, 2.75) is 25.5 Å². The zero-order chi connectivity index (χ0) is 15.8. The lowest BCUT2D eigenvalue weighted by atomic mass is 10.1. The van der Waals surface area contributed by atoms with Crippen LogP contribution in [0.15, 0.2) is 28.7 Å². The number of rotatable bonds is 2. The lowest BCUT2D eigenvalue weighted by molar-refractivity contribution is -0.159. The number of likely N-dealkylation sites (tertiary alicyclic amines) is 1. The maximum Gasteiger partial charge on any atom is 0.414 e. The van der Waals surface area contributed by atoms with Gasteiger partial charge in [0, 0.05) is 24.1 Å². The van der Waals surface area contributed by atoms with E-state index in [9.17, 15) is 5.11 Å². The number of benzene rings is 1. The number of halogens is 1. The average molecular weight is 360 g/mol. The molecule has 1 aliphatic rings. The van der Waals surface area contributed by atoms with E-state index in [0.717, 1.165) is 36.9 Å². The number of hydrogen-bond donors (Lipinski definition) is 3. The molecule has 0 aliphatic carbocycles. The molecule has 0 spiro atoms. The number of carboxylic acids is 2. The normalized spacial score (nSPS) is 15.9. The molecule has 0 radical (unpaired) electrons. The fourth-order valence-electron chi connectivity index (χ4n) is 1.93. The Bertz CT molecular complexity index is 457. The van der Waals surface area contributed by atoms with Gasteiger partial charge >= 0.3 is 11.9 Å². The van der Waals surface area contributed by atoms with Crippen molar-refractivity contribution in [2.75, 3.05) is 13.1 Å². The van der Waals surface area contributed by atoms with Gasteiger partial charge in [-0.2, -0.15) is 0 Å². The minimum absolute atomic E-state index is 0.0776. The Kier molecular flexibility index (Phi) is 7.35. The summed E-state index contributed by atoms with van der Waals surface area (Å²) in [6.45, 7) is 3.02. The molecule has 3 N–H and O–H groups in total. The topological polar surface area (TPSA) is 98.1 Å². The smallest absolute Gasteiger partial charge is 0.414 e. The Morgan fingerprint density at radius 3 is 2.00 bits per heavy atom. The third-order valence-electron chi connectivity index (χ3n) is 3.06. The molecule has 0 aromatic heterocycles.